The third-order valence-electron chi connectivity index (χ3n) is 2.84. The van der Waals surface area contributed by atoms with Gasteiger partial charge in [-0.15, -0.1) is 0 Å². The van der Waals surface area contributed by atoms with Crippen molar-refractivity contribution >= 4 is 11.6 Å². The van der Waals surface area contributed by atoms with E-state index in [1.807, 2.05) is 20.8 Å². The number of aliphatic hydroxyl groups excluding tert-OH is 1. The van der Waals surface area contributed by atoms with E-state index in [0.717, 1.165) is 18.5 Å². The Bertz CT molecular complexity index is 401. The first kappa shape index (κ1) is 14.5. The Morgan fingerprint density at radius 2 is 2.22 bits per heavy atom. The molecule has 0 aliphatic rings. The Morgan fingerprint density at radius 3 is 2.78 bits per heavy atom. The van der Waals surface area contributed by atoms with E-state index < -0.39 is 6.10 Å². The molecule has 0 fully saturated rings. The number of rotatable bonds is 6. The number of aromatic nitrogens is 2. The molecule has 6 heteroatoms. The number of carbonyl (C=O) groups excluding carboxylic acids is 1. The van der Waals surface area contributed by atoms with Crippen LogP contribution in [0.3, 0.4) is 0 Å². The average molecular weight is 254 g/mol. The van der Waals surface area contributed by atoms with Gasteiger partial charge in [-0.3, -0.25) is 9.89 Å². The van der Waals surface area contributed by atoms with Crippen LogP contribution in [0.5, 0.6) is 0 Å². The fraction of sp³-hybridized carbons (Fsp3) is 0.667. The third-order valence-corrected chi connectivity index (χ3v) is 2.84. The Morgan fingerprint density at radius 1 is 1.56 bits per heavy atom. The summed E-state index contributed by atoms with van der Waals surface area (Å²) in [7, 11) is 0. The smallest absolute Gasteiger partial charge is 0.274 e. The van der Waals surface area contributed by atoms with E-state index in [2.05, 4.69) is 15.5 Å². The van der Waals surface area contributed by atoms with E-state index in [1.165, 1.54) is 0 Å². The second kappa shape index (κ2) is 6.39. The second-order valence-electron chi connectivity index (χ2n) is 4.74. The number of aryl methyl sites for hydroxylation is 1. The fourth-order valence-electron chi connectivity index (χ4n) is 1.52. The summed E-state index contributed by atoms with van der Waals surface area (Å²) in [6, 6.07) is 0. The molecule has 1 heterocycles. The first-order valence-corrected chi connectivity index (χ1v) is 6.26. The van der Waals surface area contributed by atoms with Gasteiger partial charge in [0.1, 0.15) is 0 Å². The zero-order valence-corrected chi connectivity index (χ0v) is 11.2. The SMILES string of the molecule is CCCc1[nH]nc(C(=O)NCC(O)C(C)C)c1N. The van der Waals surface area contributed by atoms with Crippen LogP contribution in [0.2, 0.25) is 0 Å². The van der Waals surface area contributed by atoms with Gasteiger partial charge in [-0.25, -0.2) is 0 Å². The summed E-state index contributed by atoms with van der Waals surface area (Å²) in [5, 5.41) is 18.9. The van der Waals surface area contributed by atoms with Crippen molar-refractivity contribution in [3.8, 4) is 0 Å². The van der Waals surface area contributed by atoms with Crippen LogP contribution in [0.1, 0.15) is 43.4 Å². The third kappa shape index (κ3) is 3.46. The number of aromatic amines is 1. The molecule has 0 aromatic carbocycles. The summed E-state index contributed by atoms with van der Waals surface area (Å²) in [4.78, 5) is 11.8. The Kier molecular flexibility index (Phi) is 5.15. The molecule has 0 radical (unpaired) electrons. The van der Waals surface area contributed by atoms with Crippen LogP contribution in [0.15, 0.2) is 0 Å². The largest absolute Gasteiger partial charge is 0.395 e. The van der Waals surface area contributed by atoms with Gasteiger partial charge in [0.15, 0.2) is 5.69 Å². The Labute approximate surface area is 107 Å². The van der Waals surface area contributed by atoms with Crippen LogP contribution in [0.4, 0.5) is 5.69 Å². The molecular weight excluding hydrogens is 232 g/mol. The number of nitrogens with one attached hydrogen (secondary N) is 2. The van der Waals surface area contributed by atoms with Gasteiger partial charge in [-0.05, 0) is 12.3 Å². The normalized spacial score (nSPS) is 12.7. The van der Waals surface area contributed by atoms with E-state index in [4.69, 9.17) is 5.73 Å². The minimum absolute atomic E-state index is 0.0949. The molecule has 0 spiro atoms. The van der Waals surface area contributed by atoms with Crippen molar-refractivity contribution in [2.45, 2.75) is 39.7 Å². The number of nitrogens with zero attached hydrogens (tertiary/aromatic N) is 1. The highest BCUT2D eigenvalue weighted by molar-refractivity contribution is 5.97. The average Bonchev–Trinajstić information content (AvgIpc) is 2.68. The molecule has 0 aliphatic carbocycles. The maximum absolute atomic E-state index is 11.8. The van der Waals surface area contributed by atoms with Crippen molar-refractivity contribution in [1.29, 1.82) is 0 Å². The van der Waals surface area contributed by atoms with Crippen molar-refractivity contribution in [3.63, 3.8) is 0 Å². The van der Waals surface area contributed by atoms with Gasteiger partial charge in [0.05, 0.1) is 17.5 Å². The van der Waals surface area contributed by atoms with Gasteiger partial charge >= 0.3 is 0 Å². The number of nitrogens with two attached hydrogens (primary N) is 1. The van der Waals surface area contributed by atoms with Gasteiger partial charge in [-0.1, -0.05) is 27.2 Å². The van der Waals surface area contributed by atoms with Crippen molar-refractivity contribution in [2.75, 3.05) is 12.3 Å². The Hall–Kier alpha value is -1.56. The molecule has 18 heavy (non-hydrogen) atoms. The zero-order valence-electron chi connectivity index (χ0n) is 11.2. The predicted octanol–water partition coefficient (Wildman–Crippen LogP) is 0.691. The number of nitrogen functional groups attached to an aromatic ring is 1. The maximum Gasteiger partial charge on any atom is 0.274 e. The van der Waals surface area contributed by atoms with Crippen LogP contribution in [0, 0.1) is 5.92 Å². The lowest BCUT2D eigenvalue weighted by Crippen LogP contribution is -2.35. The van der Waals surface area contributed by atoms with Gasteiger partial charge in [0.2, 0.25) is 0 Å². The quantitative estimate of drug-likeness (QED) is 0.599. The molecule has 1 amide bonds. The standard InChI is InChI=1S/C12H22N4O2/c1-4-5-8-10(13)11(16-15-8)12(18)14-6-9(17)7(2)3/h7,9,17H,4-6,13H2,1-3H3,(H,14,18)(H,15,16). The second-order valence-corrected chi connectivity index (χ2v) is 4.74. The highest BCUT2D eigenvalue weighted by atomic mass is 16.3. The Balaban J connectivity index is 2.62. The number of aliphatic hydroxyl groups is 1. The number of anilines is 1. The van der Waals surface area contributed by atoms with Gasteiger partial charge in [-0.2, -0.15) is 5.10 Å². The molecule has 0 bridgehead atoms. The molecule has 102 valence electrons. The predicted molar refractivity (Wildman–Crippen MR) is 70.2 cm³/mol. The monoisotopic (exact) mass is 254 g/mol. The van der Waals surface area contributed by atoms with Crippen molar-refractivity contribution in [3.05, 3.63) is 11.4 Å². The number of hydrogen-bond donors (Lipinski definition) is 4. The van der Waals surface area contributed by atoms with E-state index in [1.54, 1.807) is 0 Å². The van der Waals surface area contributed by atoms with Crippen LogP contribution < -0.4 is 11.1 Å². The minimum atomic E-state index is -0.566. The molecule has 1 unspecified atom stereocenters. The molecule has 1 aromatic heterocycles. The number of hydrogen-bond acceptors (Lipinski definition) is 4. The summed E-state index contributed by atoms with van der Waals surface area (Å²) >= 11 is 0. The number of H-pyrrole nitrogens is 1. The molecular formula is C12H22N4O2. The lowest BCUT2D eigenvalue weighted by molar-refractivity contribution is 0.0868. The molecule has 0 saturated carbocycles. The van der Waals surface area contributed by atoms with Crippen LogP contribution in [0.25, 0.3) is 0 Å². The minimum Gasteiger partial charge on any atom is -0.395 e. The first-order valence-electron chi connectivity index (χ1n) is 6.26. The molecule has 1 rings (SSSR count). The number of amides is 1. The van der Waals surface area contributed by atoms with Gasteiger partial charge < -0.3 is 16.2 Å². The summed E-state index contributed by atoms with van der Waals surface area (Å²) in [6.07, 6.45) is 1.13. The van der Waals surface area contributed by atoms with Crippen LogP contribution in [-0.4, -0.2) is 33.9 Å². The highest BCUT2D eigenvalue weighted by Crippen LogP contribution is 2.15. The van der Waals surface area contributed by atoms with E-state index in [9.17, 15) is 9.90 Å². The molecule has 5 N–H and O–H groups in total. The van der Waals surface area contributed by atoms with Crippen LogP contribution >= 0.6 is 0 Å². The lowest BCUT2D eigenvalue weighted by Gasteiger charge is -2.14. The fourth-order valence-corrected chi connectivity index (χ4v) is 1.52. The molecule has 1 atom stereocenters. The summed E-state index contributed by atoms with van der Waals surface area (Å²) < 4.78 is 0. The van der Waals surface area contributed by atoms with Gasteiger partial charge in [0, 0.05) is 6.54 Å². The molecule has 0 aliphatic heterocycles. The summed E-state index contributed by atoms with van der Waals surface area (Å²) in [6.45, 7) is 6.00. The summed E-state index contributed by atoms with van der Waals surface area (Å²) in [5.41, 5.74) is 7.22. The van der Waals surface area contributed by atoms with Gasteiger partial charge in [0.25, 0.3) is 5.91 Å². The number of carbonyl (C=O) groups is 1. The highest BCUT2D eigenvalue weighted by Gasteiger charge is 2.18. The van der Waals surface area contributed by atoms with Crippen molar-refractivity contribution in [1.82, 2.24) is 15.5 Å². The molecule has 6 nitrogen and oxygen atoms in total. The van der Waals surface area contributed by atoms with E-state index in [-0.39, 0.29) is 24.1 Å². The maximum atomic E-state index is 11.8. The lowest BCUT2D eigenvalue weighted by atomic mass is 10.1. The summed E-state index contributed by atoms with van der Waals surface area (Å²) in [5.74, 6) is -0.261. The van der Waals surface area contributed by atoms with E-state index >= 15 is 0 Å². The van der Waals surface area contributed by atoms with Crippen molar-refractivity contribution in [2.24, 2.45) is 5.92 Å². The van der Waals surface area contributed by atoms with E-state index in [0.29, 0.717) is 5.69 Å². The van der Waals surface area contributed by atoms with Crippen molar-refractivity contribution < 1.29 is 9.90 Å². The first-order chi connectivity index (χ1) is 8.47. The topological polar surface area (TPSA) is 104 Å². The zero-order chi connectivity index (χ0) is 13.7. The van der Waals surface area contributed by atoms with Crippen LogP contribution in [-0.2, 0) is 6.42 Å². The molecule has 0 saturated heterocycles. The molecule has 1 aromatic rings.